The van der Waals surface area contributed by atoms with Crippen molar-refractivity contribution < 1.29 is 9.59 Å². The highest BCUT2D eigenvalue weighted by atomic mass is 16.2. The number of nitrogens with one attached hydrogen (secondary N) is 1. The first kappa shape index (κ1) is 18.2. The van der Waals surface area contributed by atoms with Crippen LogP contribution < -0.4 is 5.32 Å². The van der Waals surface area contributed by atoms with Crippen molar-refractivity contribution in [3.05, 3.63) is 66.2 Å². The number of nitrogens with zero attached hydrogens (tertiary/aromatic N) is 2. The van der Waals surface area contributed by atoms with E-state index in [0.717, 1.165) is 41.5 Å². The molecule has 2 amide bonds. The Kier molecular flexibility index (Phi) is 5.33. The second-order valence-electron chi connectivity index (χ2n) is 7.03. The topological polar surface area (TPSA) is 62.3 Å². The molecule has 5 heteroatoms. The lowest BCUT2D eigenvalue weighted by Gasteiger charge is -2.15. The van der Waals surface area contributed by atoms with E-state index < -0.39 is 0 Å². The predicted molar refractivity (Wildman–Crippen MR) is 110 cm³/mol. The number of aromatic nitrogens is 1. The molecule has 0 aliphatic carbocycles. The highest BCUT2D eigenvalue weighted by Crippen LogP contribution is 2.24. The van der Waals surface area contributed by atoms with E-state index in [4.69, 9.17) is 4.98 Å². The van der Waals surface area contributed by atoms with Gasteiger partial charge in [0.1, 0.15) is 0 Å². The second-order valence-corrected chi connectivity index (χ2v) is 7.03. The number of para-hydroxylation sites is 1. The van der Waals surface area contributed by atoms with Crippen LogP contribution in [-0.2, 0) is 4.79 Å². The Morgan fingerprint density at radius 1 is 1.07 bits per heavy atom. The van der Waals surface area contributed by atoms with Crippen LogP contribution in [0.1, 0.15) is 29.6 Å². The largest absolute Gasteiger partial charge is 0.352 e. The van der Waals surface area contributed by atoms with Gasteiger partial charge in [-0.3, -0.25) is 9.59 Å². The van der Waals surface area contributed by atoms with Gasteiger partial charge in [0.05, 0.1) is 16.8 Å². The molecule has 2 heterocycles. The first-order valence-electron chi connectivity index (χ1n) is 9.73. The van der Waals surface area contributed by atoms with E-state index in [1.807, 2.05) is 65.6 Å². The highest BCUT2D eigenvalue weighted by molar-refractivity contribution is 6.07. The van der Waals surface area contributed by atoms with Crippen molar-refractivity contribution in [1.29, 1.82) is 0 Å². The molecule has 1 saturated heterocycles. The molecule has 0 radical (unpaired) electrons. The molecule has 2 aromatic carbocycles. The van der Waals surface area contributed by atoms with E-state index in [1.54, 1.807) is 0 Å². The fraction of sp³-hybridized carbons (Fsp3) is 0.261. The van der Waals surface area contributed by atoms with Crippen molar-refractivity contribution in [2.75, 3.05) is 19.6 Å². The third kappa shape index (κ3) is 3.88. The van der Waals surface area contributed by atoms with Gasteiger partial charge in [0.25, 0.3) is 5.91 Å². The zero-order chi connectivity index (χ0) is 19.3. The number of hydrogen-bond acceptors (Lipinski definition) is 3. The molecule has 4 rings (SSSR count). The number of amides is 2. The van der Waals surface area contributed by atoms with Gasteiger partial charge >= 0.3 is 0 Å². The zero-order valence-electron chi connectivity index (χ0n) is 15.7. The average molecular weight is 373 g/mol. The minimum Gasteiger partial charge on any atom is -0.352 e. The van der Waals surface area contributed by atoms with Gasteiger partial charge in [0.2, 0.25) is 5.91 Å². The molecular weight excluding hydrogens is 350 g/mol. The summed E-state index contributed by atoms with van der Waals surface area (Å²) in [6.45, 7) is 2.08. The summed E-state index contributed by atoms with van der Waals surface area (Å²) >= 11 is 0. The third-order valence-electron chi connectivity index (χ3n) is 5.09. The first-order valence-corrected chi connectivity index (χ1v) is 9.73. The van der Waals surface area contributed by atoms with Crippen molar-refractivity contribution in [3.8, 4) is 11.3 Å². The molecular formula is C23H23N3O2. The Hall–Kier alpha value is -3.21. The Morgan fingerprint density at radius 3 is 2.64 bits per heavy atom. The van der Waals surface area contributed by atoms with Gasteiger partial charge in [-0.15, -0.1) is 0 Å². The number of likely N-dealkylation sites (tertiary alicyclic amines) is 1. The van der Waals surface area contributed by atoms with Gasteiger partial charge in [0.15, 0.2) is 0 Å². The number of carbonyl (C=O) groups is 2. The second kappa shape index (κ2) is 8.21. The molecule has 0 bridgehead atoms. The first-order chi connectivity index (χ1) is 13.7. The minimum absolute atomic E-state index is 0.108. The third-order valence-corrected chi connectivity index (χ3v) is 5.09. The van der Waals surface area contributed by atoms with Gasteiger partial charge in [-0.1, -0.05) is 48.5 Å². The van der Waals surface area contributed by atoms with E-state index in [1.165, 1.54) is 0 Å². The zero-order valence-corrected chi connectivity index (χ0v) is 15.7. The summed E-state index contributed by atoms with van der Waals surface area (Å²) in [4.78, 5) is 31.2. The summed E-state index contributed by atoms with van der Waals surface area (Å²) in [5, 5.41) is 3.85. The highest BCUT2D eigenvalue weighted by Gasteiger charge is 2.19. The number of pyridine rings is 1. The molecule has 1 aliphatic rings. The summed E-state index contributed by atoms with van der Waals surface area (Å²) in [5.41, 5.74) is 3.19. The summed E-state index contributed by atoms with van der Waals surface area (Å²) in [6, 6.07) is 19.4. The Bertz CT molecular complexity index is 1000. The standard InChI is InChI=1S/C23H23N3O2/c27-22-12-6-14-26(22)15-7-13-24-23(28)19-16-21(17-8-2-1-3-9-17)25-20-11-5-4-10-18(19)20/h1-5,8-11,16H,6-7,12-15H2,(H,24,28). The fourth-order valence-electron chi connectivity index (χ4n) is 3.63. The van der Waals surface area contributed by atoms with Gasteiger partial charge in [-0.25, -0.2) is 4.98 Å². The monoisotopic (exact) mass is 373 g/mol. The van der Waals surface area contributed by atoms with Crippen LogP contribution in [-0.4, -0.2) is 41.3 Å². The SMILES string of the molecule is O=C(NCCCN1CCCC1=O)c1cc(-c2ccccc2)nc2ccccc12. The summed E-state index contributed by atoms with van der Waals surface area (Å²) in [6.07, 6.45) is 2.35. The molecule has 5 nitrogen and oxygen atoms in total. The normalized spacial score (nSPS) is 13.9. The molecule has 142 valence electrons. The quantitative estimate of drug-likeness (QED) is 0.671. The minimum atomic E-state index is -0.108. The molecule has 0 spiro atoms. The van der Waals surface area contributed by atoms with Crippen LogP contribution in [0.25, 0.3) is 22.2 Å². The maximum atomic E-state index is 12.9. The smallest absolute Gasteiger partial charge is 0.252 e. The fourth-order valence-corrected chi connectivity index (χ4v) is 3.63. The maximum absolute atomic E-state index is 12.9. The van der Waals surface area contributed by atoms with Gasteiger partial charge in [-0.2, -0.15) is 0 Å². The Morgan fingerprint density at radius 2 is 1.86 bits per heavy atom. The Balaban J connectivity index is 1.51. The van der Waals surface area contributed by atoms with Crippen LogP contribution in [0.4, 0.5) is 0 Å². The van der Waals surface area contributed by atoms with Crippen LogP contribution in [0.15, 0.2) is 60.7 Å². The molecule has 28 heavy (non-hydrogen) atoms. The van der Waals surface area contributed by atoms with Crippen LogP contribution in [0.5, 0.6) is 0 Å². The van der Waals surface area contributed by atoms with E-state index >= 15 is 0 Å². The summed E-state index contributed by atoms with van der Waals surface area (Å²) < 4.78 is 0. The van der Waals surface area contributed by atoms with E-state index in [-0.39, 0.29) is 11.8 Å². The molecule has 0 unspecified atom stereocenters. The van der Waals surface area contributed by atoms with Crippen LogP contribution in [0, 0.1) is 0 Å². The van der Waals surface area contributed by atoms with Crippen molar-refractivity contribution in [2.45, 2.75) is 19.3 Å². The van der Waals surface area contributed by atoms with E-state index in [2.05, 4.69) is 5.32 Å². The lowest BCUT2D eigenvalue weighted by atomic mass is 10.0. The van der Waals surface area contributed by atoms with Gasteiger partial charge in [0, 0.05) is 37.0 Å². The molecule has 0 saturated carbocycles. The summed E-state index contributed by atoms with van der Waals surface area (Å²) in [7, 11) is 0. The number of benzene rings is 2. The van der Waals surface area contributed by atoms with Gasteiger partial charge < -0.3 is 10.2 Å². The molecule has 1 aromatic heterocycles. The van der Waals surface area contributed by atoms with Crippen molar-refractivity contribution >= 4 is 22.7 Å². The molecule has 3 aromatic rings. The van der Waals surface area contributed by atoms with Crippen LogP contribution in [0.3, 0.4) is 0 Å². The van der Waals surface area contributed by atoms with Crippen molar-refractivity contribution in [1.82, 2.24) is 15.2 Å². The summed E-state index contributed by atoms with van der Waals surface area (Å²) in [5.74, 6) is 0.113. The van der Waals surface area contributed by atoms with Crippen molar-refractivity contribution in [3.63, 3.8) is 0 Å². The van der Waals surface area contributed by atoms with Crippen LogP contribution >= 0.6 is 0 Å². The maximum Gasteiger partial charge on any atom is 0.252 e. The number of rotatable bonds is 6. The van der Waals surface area contributed by atoms with Gasteiger partial charge in [-0.05, 0) is 25.0 Å². The molecule has 1 fully saturated rings. The molecule has 0 atom stereocenters. The van der Waals surface area contributed by atoms with E-state index in [0.29, 0.717) is 25.1 Å². The number of hydrogen-bond donors (Lipinski definition) is 1. The van der Waals surface area contributed by atoms with Crippen molar-refractivity contribution in [2.24, 2.45) is 0 Å². The molecule has 1 N–H and O–H groups in total. The number of fused-ring (bicyclic) bond motifs is 1. The average Bonchev–Trinajstić information content (AvgIpc) is 3.15. The lowest BCUT2D eigenvalue weighted by molar-refractivity contribution is -0.127. The van der Waals surface area contributed by atoms with E-state index in [9.17, 15) is 9.59 Å². The molecule has 1 aliphatic heterocycles. The van der Waals surface area contributed by atoms with Crippen LogP contribution in [0.2, 0.25) is 0 Å². The Labute approximate surface area is 164 Å². The lowest BCUT2D eigenvalue weighted by Crippen LogP contribution is -2.30. The number of carbonyl (C=O) groups excluding carboxylic acids is 2. The predicted octanol–water partition coefficient (Wildman–Crippen LogP) is 3.64.